The molecule has 0 heterocycles. The number of carboxylic acids is 1. The fourth-order valence-electron chi connectivity index (χ4n) is 2.60. The first kappa shape index (κ1) is 19.7. The first-order valence-electron chi connectivity index (χ1n) is 7.79. The molecule has 0 spiro atoms. The summed E-state index contributed by atoms with van der Waals surface area (Å²) in [5, 5.41) is 12.3. The number of amides is 1. The predicted molar refractivity (Wildman–Crippen MR) is 83.3 cm³/mol. The standard InChI is InChI=1S/C16H31NO4/c1-7-9-12(3)16(10-8-2,13(18)19)11-17-14(20)21-15(4,5)6/h12H,7-11H2,1-6H3,(H,17,20)(H,18,19). The van der Waals surface area contributed by atoms with Gasteiger partial charge in [-0.3, -0.25) is 4.79 Å². The number of carbonyl (C=O) groups excluding carboxylic acids is 1. The highest BCUT2D eigenvalue weighted by atomic mass is 16.6. The number of ether oxygens (including phenoxy) is 1. The van der Waals surface area contributed by atoms with Gasteiger partial charge in [0, 0.05) is 6.54 Å². The fourth-order valence-corrected chi connectivity index (χ4v) is 2.60. The van der Waals surface area contributed by atoms with Crippen LogP contribution in [0.3, 0.4) is 0 Å². The molecule has 0 aliphatic rings. The summed E-state index contributed by atoms with van der Waals surface area (Å²) in [6, 6.07) is 0. The first-order chi connectivity index (χ1) is 9.59. The molecule has 0 aromatic carbocycles. The second kappa shape index (κ2) is 8.25. The van der Waals surface area contributed by atoms with E-state index >= 15 is 0 Å². The number of hydrogen-bond acceptors (Lipinski definition) is 3. The number of hydrogen-bond donors (Lipinski definition) is 2. The molecule has 5 nitrogen and oxygen atoms in total. The summed E-state index contributed by atoms with van der Waals surface area (Å²) >= 11 is 0. The maximum atomic E-state index is 11.8. The zero-order valence-electron chi connectivity index (χ0n) is 14.3. The third-order valence-corrected chi connectivity index (χ3v) is 3.73. The van der Waals surface area contributed by atoms with E-state index in [1.807, 2.05) is 20.8 Å². The fraction of sp³-hybridized carbons (Fsp3) is 0.875. The Bertz CT molecular complexity index is 349. The average molecular weight is 301 g/mol. The predicted octanol–water partition coefficient (Wildman–Crippen LogP) is 3.82. The van der Waals surface area contributed by atoms with Gasteiger partial charge in [-0.25, -0.2) is 4.79 Å². The van der Waals surface area contributed by atoms with E-state index in [9.17, 15) is 14.7 Å². The highest BCUT2D eigenvalue weighted by Crippen LogP contribution is 2.36. The Kier molecular flexibility index (Phi) is 7.75. The van der Waals surface area contributed by atoms with E-state index in [0.29, 0.717) is 6.42 Å². The number of carboxylic acid groups (broad SMARTS) is 1. The van der Waals surface area contributed by atoms with Crippen LogP contribution in [-0.4, -0.2) is 29.3 Å². The van der Waals surface area contributed by atoms with Crippen molar-refractivity contribution in [3.8, 4) is 0 Å². The topological polar surface area (TPSA) is 75.6 Å². The van der Waals surface area contributed by atoms with E-state index < -0.39 is 23.1 Å². The molecule has 2 N–H and O–H groups in total. The van der Waals surface area contributed by atoms with E-state index in [4.69, 9.17) is 4.74 Å². The van der Waals surface area contributed by atoms with Gasteiger partial charge in [0.1, 0.15) is 5.60 Å². The minimum absolute atomic E-state index is 0.00473. The lowest BCUT2D eigenvalue weighted by molar-refractivity contribution is -0.152. The minimum Gasteiger partial charge on any atom is -0.481 e. The van der Waals surface area contributed by atoms with Crippen molar-refractivity contribution in [3.63, 3.8) is 0 Å². The second-order valence-corrected chi connectivity index (χ2v) is 6.76. The van der Waals surface area contributed by atoms with Gasteiger partial charge in [-0.05, 0) is 39.5 Å². The SMILES string of the molecule is CCCC(C)C(CCC)(CNC(=O)OC(C)(C)C)C(=O)O. The molecule has 0 rings (SSSR count). The summed E-state index contributed by atoms with van der Waals surface area (Å²) in [5.41, 5.74) is -1.52. The minimum atomic E-state index is -0.929. The van der Waals surface area contributed by atoms with Crippen LogP contribution < -0.4 is 5.32 Å². The van der Waals surface area contributed by atoms with Crippen LogP contribution in [0.25, 0.3) is 0 Å². The van der Waals surface area contributed by atoms with Crippen LogP contribution in [-0.2, 0) is 9.53 Å². The van der Waals surface area contributed by atoms with Gasteiger partial charge in [-0.15, -0.1) is 0 Å². The molecule has 0 aromatic heterocycles. The van der Waals surface area contributed by atoms with E-state index in [2.05, 4.69) is 5.32 Å². The van der Waals surface area contributed by atoms with E-state index in [1.165, 1.54) is 0 Å². The summed E-state index contributed by atoms with van der Waals surface area (Å²) < 4.78 is 5.19. The maximum Gasteiger partial charge on any atom is 0.407 e. The molecule has 0 saturated carbocycles. The zero-order valence-corrected chi connectivity index (χ0v) is 14.3. The molecule has 0 aliphatic carbocycles. The molecule has 5 heteroatoms. The Morgan fingerprint density at radius 2 is 1.76 bits per heavy atom. The molecule has 0 bridgehead atoms. The Balaban J connectivity index is 4.97. The van der Waals surface area contributed by atoms with Crippen molar-refractivity contribution in [1.29, 1.82) is 0 Å². The largest absolute Gasteiger partial charge is 0.481 e. The molecule has 0 aliphatic heterocycles. The number of alkyl carbamates (subject to hydrolysis) is 1. The average Bonchev–Trinajstić information content (AvgIpc) is 2.32. The van der Waals surface area contributed by atoms with Crippen LogP contribution in [0.15, 0.2) is 0 Å². The second-order valence-electron chi connectivity index (χ2n) is 6.76. The normalized spacial score (nSPS) is 15.9. The lowest BCUT2D eigenvalue weighted by atomic mass is 9.71. The Morgan fingerprint density at radius 1 is 1.19 bits per heavy atom. The molecule has 124 valence electrons. The molecule has 21 heavy (non-hydrogen) atoms. The molecule has 0 saturated heterocycles. The van der Waals surface area contributed by atoms with Crippen molar-refractivity contribution in [2.24, 2.45) is 11.3 Å². The molecule has 1 amide bonds. The van der Waals surface area contributed by atoms with Gasteiger partial charge in [-0.2, -0.15) is 0 Å². The molecule has 0 fully saturated rings. The molecule has 2 unspecified atom stereocenters. The van der Waals surface area contributed by atoms with Crippen LogP contribution >= 0.6 is 0 Å². The van der Waals surface area contributed by atoms with Crippen LogP contribution in [0, 0.1) is 11.3 Å². The van der Waals surface area contributed by atoms with Gasteiger partial charge in [0.2, 0.25) is 0 Å². The molecular formula is C16H31NO4. The Morgan fingerprint density at radius 3 is 2.14 bits per heavy atom. The summed E-state index contributed by atoms with van der Waals surface area (Å²) in [5.74, 6) is -0.851. The van der Waals surface area contributed by atoms with Crippen molar-refractivity contribution >= 4 is 12.1 Å². The summed E-state index contributed by atoms with van der Waals surface area (Å²) in [7, 11) is 0. The van der Waals surface area contributed by atoms with Gasteiger partial charge in [0.25, 0.3) is 0 Å². The van der Waals surface area contributed by atoms with Crippen molar-refractivity contribution in [2.75, 3.05) is 6.54 Å². The smallest absolute Gasteiger partial charge is 0.407 e. The van der Waals surface area contributed by atoms with Gasteiger partial charge in [0.05, 0.1) is 5.41 Å². The van der Waals surface area contributed by atoms with Gasteiger partial charge in [-0.1, -0.05) is 33.6 Å². The third kappa shape index (κ3) is 6.36. The van der Waals surface area contributed by atoms with Gasteiger partial charge in [0.15, 0.2) is 0 Å². The van der Waals surface area contributed by atoms with E-state index in [0.717, 1.165) is 19.3 Å². The molecule has 0 aromatic rings. The van der Waals surface area contributed by atoms with E-state index in [-0.39, 0.29) is 12.5 Å². The van der Waals surface area contributed by atoms with Crippen molar-refractivity contribution in [2.45, 2.75) is 72.8 Å². The number of nitrogens with one attached hydrogen (secondary N) is 1. The monoisotopic (exact) mass is 301 g/mol. The quantitative estimate of drug-likeness (QED) is 0.714. The number of rotatable bonds is 8. The molecular weight excluding hydrogens is 270 g/mol. The molecule has 0 radical (unpaired) electrons. The first-order valence-corrected chi connectivity index (χ1v) is 7.79. The van der Waals surface area contributed by atoms with Crippen LogP contribution in [0.5, 0.6) is 0 Å². The van der Waals surface area contributed by atoms with Crippen LogP contribution in [0.2, 0.25) is 0 Å². The maximum absolute atomic E-state index is 11.8. The Hall–Kier alpha value is -1.26. The summed E-state index contributed by atoms with van der Waals surface area (Å²) in [4.78, 5) is 23.6. The molecule has 2 atom stereocenters. The van der Waals surface area contributed by atoms with Crippen LogP contribution in [0.1, 0.15) is 67.2 Å². The number of aliphatic carboxylic acids is 1. The van der Waals surface area contributed by atoms with E-state index in [1.54, 1.807) is 20.8 Å². The van der Waals surface area contributed by atoms with Gasteiger partial charge >= 0.3 is 12.1 Å². The Labute approximate surface area is 128 Å². The summed E-state index contributed by atoms with van der Waals surface area (Å²) in [6.45, 7) is 11.4. The lowest BCUT2D eigenvalue weighted by Gasteiger charge is -2.35. The lowest BCUT2D eigenvalue weighted by Crippen LogP contribution is -2.48. The number of carbonyl (C=O) groups is 2. The van der Waals surface area contributed by atoms with Crippen LogP contribution in [0.4, 0.5) is 4.79 Å². The summed E-state index contributed by atoms with van der Waals surface area (Å²) in [6.07, 6.45) is 2.48. The zero-order chi connectivity index (χ0) is 16.7. The van der Waals surface area contributed by atoms with Crippen molar-refractivity contribution in [3.05, 3.63) is 0 Å². The third-order valence-electron chi connectivity index (χ3n) is 3.73. The highest BCUT2D eigenvalue weighted by Gasteiger charge is 2.43. The highest BCUT2D eigenvalue weighted by molar-refractivity contribution is 5.77. The van der Waals surface area contributed by atoms with Gasteiger partial charge < -0.3 is 15.2 Å². The van der Waals surface area contributed by atoms with Crippen molar-refractivity contribution < 1.29 is 19.4 Å². The van der Waals surface area contributed by atoms with Crippen molar-refractivity contribution in [1.82, 2.24) is 5.32 Å².